The number of halogens is 1. The molecule has 0 spiro atoms. The van der Waals surface area contributed by atoms with E-state index in [9.17, 15) is 4.39 Å². The van der Waals surface area contributed by atoms with Gasteiger partial charge in [0.25, 0.3) is 0 Å². The minimum atomic E-state index is -0.564. The summed E-state index contributed by atoms with van der Waals surface area (Å²) < 4.78 is 19.4. The monoisotopic (exact) mass is 291 g/mol. The lowest BCUT2D eigenvalue weighted by atomic mass is 10.0. The topological polar surface area (TPSA) is 33.0 Å². The van der Waals surface area contributed by atoms with E-state index in [1.807, 2.05) is 55.5 Å². The molecule has 0 saturated carbocycles. The third kappa shape index (κ3) is 2.64. The summed E-state index contributed by atoms with van der Waals surface area (Å²) in [6.45, 7) is 1.89. The number of nitrogens with zero attached hydrogens (tertiary/aromatic N) is 1. The summed E-state index contributed by atoms with van der Waals surface area (Å²) in [6.07, 6.45) is -0.279. The average Bonchev–Trinajstić information content (AvgIpc) is 2.54. The van der Waals surface area contributed by atoms with Crippen molar-refractivity contribution >= 4 is 10.8 Å². The lowest BCUT2D eigenvalue weighted by molar-refractivity contribution is 0.225. The molecule has 3 rings (SSSR count). The summed E-state index contributed by atoms with van der Waals surface area (Å²) in [5, 5.41) is 11.3. The molecule has 0 amide bonds. The minimum Gasteiger partial charge on any atom is -0.485 e. The molecule has 3 aromatic rings. The first-order valence-corrected chi connectivity index (χ1v) is 7.03. The van der Waals surface area contributed by atoms with Crippen molar-refractivity contribution < 1.29 is 9.13 Å². The predicted octanol–water partition coefficient (Wildman–Crippen LogP) is 4.99. The molecule has 3 heteroatoms. The second-order valence-electron chi connectivity index (χ2n) is 5.09. The fourth-order valence-corrected chi connectivity index (χ4v) is 2.43. The zero-order chi connectivity index (χ0) is 15.5. The molecule has 2 nitrogen and oxygen atoms in total. The Balaban J connectivity index is 1.92. The summed E-state index contributed by atoms with van der Waals surface area (Å²) in [5.41, 5.74) is 0.919. The third-order valence-corrected chi connectivity index (χ3v) is 3.63. The third-order valence-electron chi connectivity index (χ3n) is 3.63. The molecule has 0 saturated heterocycles. The van der Waals surface area contributed by atoms with Gasteiger partial charge in [0.15, 0.2) is 0 Å². The molecule has 0 aliphatic heterocycles. The molecule has 0 fully saturated rings. The Morgan fingerprint density at radius 2 is 1.77 bits per heavy atom. The van der Waals surface area contributed by atoms with Crippen LogP contribution in [0.2, 0.25) is 0 Å². The summed E-state index contributed by atoms with van der Waals surface area (Å²) in [5.74, 6) is -0.297. The van der Waals surface area contributed by atoms with E-state index in [2.05, 4.69) is 0 Å². The van der Waals surface area contributed by atoms with Crippen LogP contribution in [0.15, 0.2) is 60.7 Å². The van der Waals surface area contributed by atoms with Gasteiger partial charge in [0.2, 0.25) is 0 Å². The fraction of sp³-hybridized carbons (Fsp3) is 0.105. The number of hydrogen-bond acceptors (Lipinski definition) is 2. The molecular formula is C19H14FNO. The normalized spacial score (nSPS) is 11.9. The molecular weight excluding hydrogens is 277 g/mol. The van der Waals surface area contributed by atoms with E-state index >= 15 is 0 Å². The molecule has 0 N–H and O–H groups in total. The molecule has 3 aromatic carbocycles. The van der Waals surface area contributed by atoms with Gasteiger partial charge in [0, 0.05) is 0 Å². The van der Waals surface area contributed by atoms with Crippen LogP contribution in [0.3, 0.4) is 0 Å². The van der Waals surface area contributed by atoms with Gasteiger partial charge >= 0.3 is 0 Å². The molecule has 0 unspecified atom stereocenters. The zero-order valence-electron chi connectivity index (χ0n) is 12.1. The molecule has 0 aromatic heterocycles. The van der Waals surface area contributed by atoms with Crippen LogP contribution in [0.4, 0.5) is 4.39 Å². The minimum absolute atomic E-state index is 0.0601. The van der Waals surface area contributed by atoms with Crippen molar-refractivity contribution in [3.8, 4) is 11.8 Å². The number of fused-ring (bicyclic) bond motifs is 1. The molecule has 0 bridgehead atoms. The Morgan fingerprint density at radius 3 is 2.55 bits per heavy atom. The lowest BCUT2D eigenvalue weighted by Gasteiger charge is -2.16. The van der Waals surface area contributed by atoms with Crippen LogP contribution in [0.5, 0.6) is 5.75 Å². The van der Waals surface area contributed by atoms with Gasteiger partial charge in [-0.05, 0) is 41.5 Å². The largest absolute Gasteiger partial charge is 0.485 e. The number of hydrogen-bond donors (Lipinski definition) is 0. The van der Waals surface area contributed by atoms with Crippen molar-refractivity contribution in [3.63, 3.8) is 0 Å². The van der Waals surface area contributed by atoms with E-state index in [0.29, 0.717) is 0 Å². The SMILES string of the molecule is C[C@H](Oc1cccc(F)c1C#N)c1ccc2ccccc2c1. The predicted molar refractivity (Wildman–Crippen MR) is 84.1 cm³/mol. The van der Waals surface area contributed by atoms with Gasteiger partial charge in [-0.2, -0.15) is 5.26 Å². The van der Waals surface area contributed by atoms with Crippen molar-refractivity contribution in [1.29, 1.82) is 5.26 Å². The van der Waals surface area contributed by atoms with E-state index in [1.54, 1.807) is 12.1 Å². The summed E-state index contributed by atoms with van der Waals surface area (Å²) >= 11 is 0. The molecule has 0 aliphatic rings. The van der Waals surface area contributed by atoms with Crippen molar-refractivity contribution in [1.82, 2.24) is 0 Å². The first-order valence-electron chi connectivity index (χ1n) is 7.03. The maximum absolute atomic E-state index is 13.6. The molecule has 0 aliphatic carbocycles. The number of nitriles is 1. The Morgan fingerprint density at radius 1 is 1.00 bits per heavy atom. The first kappa shape index (κ1) is 14.1. The maximum Gasteiger partial charge on any atom is 0.144 e. The second-order valence-corrected chi connectivity index (χ2v) is 5.09. The Kier molecular flexibility index (Phi) is 3.76. The number of ether oxygens (including phenoxy) is 1. The summed E-state index contributed by atoms with van der Waals surface area (Å²) in [4.78, 5) is 0. The van der Waals surface area contributed by atoms with Crippen molar-refractivity contribution in [2.45, 2.75) is 13.0 Å². The van der Waals surface area contributed by atoms with Crippen LogP contribution in [-0.2, 0) is 0 Å². The van der Waals surface area contributed by atoms with Crippen molar-refractivity contribution in [2.75, 3.05) is 0 Å². The van der Waals surface area contributed by atoms with Crippen molar-refractivity contribution in [2.24, 2.45) is 0 Å². The average molecular weight is 291 g/mol. The quantitative estimate of drug-likeness (QED) is 0.681. The van der Waals surface area contributed by atoms with Crippen molar-refractivity contribution in [3.05, 3.63) is 77.6 Å². The van der Waals surface area contributed by atoms with Crippen LogP contribution in [0.25, 0.3) is 10.8 Å². The van der Waals surface area contributed by atoms with Crippen LogP contribution >= 0.6 is 0 Å². The molecule has 22 heavy (non-hydrogen) atoms. The highest BCUT2D eigenvalue weighted by Gasteiger charge is 2.13. The maximum atomic E-state index is 13.6. The van der Waals surface area contributed by atoms with E-state index < -0.39 is 5.82 Å². The number of rotatable bonds is 3. The second kappa shape index (κ2) is 5.87. The highest BCUT2D eigenvalue weighted by atomic mass is 19.1. The first-order chi connectivity index (χ1) is 10.7. The van der Waals surface area contributed by atoms with Crippen LogP contribution in [0.1, 0.15) is 24.2 Å². The van der Waals surface area contributed by atoms with E-state index in [4.69, 9.17) is 10.00 Å². The van der Waals surface area contributed by atoms with Gasteiger partial charge in [-0.25, -0.2) is 4.39 Å². The van der Waals surface area contributed by atoms with Gasteiger partial charge in [0.1, 0.15) is 29.3 Å². The Bertz CT molecular complexity index is 867. The van der Waals surface area contributed by atoms with Gasteiger partial charge < -0.3 is 4.74 Å². The van der Waals surface area contributed by atoms with E-state index in [-0.39, 0.29) is 17.4 Å². The van der Waals surface area contributed by atoms with Crippen LogP contribution in [-0.4, -0.2) is 0 Å². The fourth-order valence-electron chi connectivity index (χ4n) is 2.43. The van der Waals surface area contributed by atoms with Gasteiger partial charge in [-0.1, -0.05) is 42.5 Å². The Hall–Kier alpha value is -2.86. The Labute approximate surface area is 128 Å². The lowest BCUT2D eigenvalue weighted by Crippen LogP contribution is -2.05. The highest BCUT2D eigenvalue weighted by Crippen LogP contribution is 2.28. The number of benzene rings is 3. The van der Waals surface area contributed by atoms with E-state index in [0.717, 1.165) is 16.3 Å². The molecule has 108 valence electrons. The summed E-state index contributed by atoms with van der Waals surface area (Å²) in [6, 6.07) is 20.4. The standard InChI is InChI=1S/C19H14FNO/c1-13(22-19-8-4-7-18(20)17(19)12-21)15-10-9-14-5-2-3-6-16(14)11-15/h2-11,13H,1H3/t13-/m0/s1. The summed E-state index contributed by atoms with van der Waals surface area (Å²) in [7, 11) is 0. The van der Waals surface area contributed by atoms with Crippen LogP contribution < -0.4 is 4.74 Å². The molecule has 1 atom stereocenters. The van der Waals surface area contributed by atoms with Crippen LogP contribution in [0, 0.1) is 17.1 Å². The van der Waals surface area contributed by atoms with Gasteiger partial charge in [-0.15, -0.1) is 0 Å². The molecule has 0 heterocycles. The van der Waals surface area contributed by atoms with E-state index in [1.165, 1.54) is 6.07 Å². The molecule has 0 radical (unpaired) electrons. The van der Waals surface area contributed by atoms with Gasteiger partial charge in [-0.3, -0.25) is 0 Å². The zero-order valence-corrected chi connectivity index (χ0v) is 12.1. The van der Waals surface area contributed by atoms with Gasteiger partial charge in [0.05, 0.1) is 0 Å². The highest BCUT2D eigenvalue weighted by molar-refractivity contribution is 5.83. The smallest absolute Gasteiger partial charge is 0.144 e.